The van der Waals surface area contributed by atoms with E-state index < -0.39 is 0 Å². The number of carbonyl (C=O) groups excluding carboxylic acids is 2. The first kappa shape index (κ1) is 17.3. The van der Waals surface area contributed by atoms with E-state index in [-0.39, 0.29) is 17.1 Å². The maximum absolute atomic E-state index is 11.8. The molecule has 0 aromatic heterocycles. The molecule has 1 rings (SSSR count). The largest absolute Gasteiger partial charge is 0.300 e. The molecule has 1 fully saturated rings. The Morgan fingerprint density at radius 1 is 1.00 bits per heavy atom. The third-order valence-electron chi connectivity index (χ3n) is 3.53. The Balaban J connectivity index is 0.000000411. The van der Waals surface area contributed by atoms with E-state index in [0.717, 1.165) is 12.8 Å². The van der Waals surface area contributed by atoms with E-state index in [1.165, 1.54) is 19.3 Å². The summed E-state index contributed by atoms with van der Waals surface area (Å²) in [5, 5.41) is 0. The third kappa shape index (κ3) is 6.93. The van der Waals surface area contributed by atoms with Gasteiger partial charge in [0.25, 0.3) is 0 Å². The zero-order chi connectivity index (χ0) is 14.3. The van der Waals surface area contributed by atoms with Crippen molar-refractivity contribution in [2.24, 2.45) is 17.3 Å². The molecular weight excluding hydrogens is 224 g/mol. The molecule has 0 aromatic carbocycles. The van der Waals surface area contributed by atoms with Crippen LogP contribution in [0.25, 0.3) is 0 Å². The minimum atomic E-state index is -0.123. The maximum Gasteiger partial charge on any atom is 0.141 e. The summed E-state index contributed by atoms with van der Waals surface area (Å²) in [6, 6.07) is 0. The quantitative estimate of drug-likeness (QED) is 0.731. The predicted octanol–water partition coefficient (Wildman–Crippen LogP) is 4.41. The fraction of sp³-hybridized carbons (Fsp3) is 0.875. The Morgan fingerprint density at radius 3 is 1.67 bits per heavy atom. The first-order valence-corrected chi connectivity index (χ1v) is 7.21. The topological polar surface area (TPSA) is 34.1 Å². The van der Waals surface area contributed by atoms with E-state index >= 15 is 0 Å². The summed E-state index contributed by atoms with van der Waals surface area (Å²) >= 11 is 0. The zero-order valence-electron chi connectivity index (χ0n) is 13.0. The lowest BCUT2D eigenvalue weighted by atomic mass is 9.76. The molecule has 0 saturated heterocycles. The highest BCUT2D eigenvalue weighted by Gasteiger charge is 2.29. The van der Waals surface area contributed by atoms with Crippen LogP contribution in [0.1, 0.15) is 73.6 Å². The molecule has 0 N–H and O–H groups in total. The van der Waals surface area contributed by atoms with Crippen LogP contribution in [0.5, 0.6) is 0 Å². The molecule has 0 unspecified atom stereocenters. The van der Waals surface area contributed by atoms with E-state index in [9.17, 15) is 9.59 Å². The summed E-state index contributed by atoms with van der Waals surface area (Å²) in [6.45, 7) is 11.5. The van der Waals surface area contributed by atoms with Gasteiger partial charge in [0.15, 0.2) is 0 Å². The fourth-order valence-corrected chi connectivity index (χ4v) is 1.98. The van der Waals surface area contributed by atoms with Gasteiger partial charge in [0.2, 0.25) is 0 Å². The Labute approximate surface area is 113 Å². The first-order valence-electron chi connectivity index (χ1n) is 7.21. The number of hydrogen-bond acceptors (Lipinski definition) is 2. The monoisotopic (exact) mass is 254 g/mol. The van der Waals surface area contributed by atoms with Crippen LogP contribution < -0.4 is 0 Å². The SMILES string of the molecule is CC(=O)C(C)C.CC(C)(C)C(=O)C1CCCCC1. The van der Waals surface area contributed by atoms with E-state index in [2.05, 4.69) is 0 Å². The maximum atomic E-state index is 11.8. The second-order valence-electron chi connectivity index (χ2n) is 6.71. The van der Waals surface area contributed by atoms with Gasteiger partial charge >= 0.3 is 0 Å². The van der Waals surface area contributed by atoms with Gasteiger partial charge < -0.3 is 0 Å². The lowest BCUT2D eigenvalue weighted by molar-refractivity contribution is -0.131. The van der Waals surface area contributed by atoms with Gasteiger partial charge in [-0.1, -0.05) is 53.9 Å². The second kappa shape index (κ2) is 7.70. The van der Waals surface area contributed by atoms with Crippen LogP contribution in [0.4, 0.5) is 0 Å². The molecule has 1 aliphatic rings. The van der Waals surface area contributed by atoms with Crippen molar-refractivity contribution in [3.05, 3.63) is 0 Å². The van der Waals surface area contributed by atoms with E-state index in [4.69, 9.17) is 0 Å². The average molecular weight is 254 g/mol. The Morgan fingerprint density at radius 2 is 1.39 bits per heavy atom. The molecule has 1 saturated carbocycles. The molecule has 0 amide bonds. The normalized spacial score (nSPS) is 17.1. The molecule has 0 heterocycles. The van der Waals surface area contributed by atoms with E-state index in [1.807, 2.05) is 34.6 Å². The van der Waals surface area contributed by atoms with Gasteiger partial charge in [-0.15, -0.1) is 0 Å². The minimum absolute atomic E-state index is 0.123. The summed E-state index contributed by atoms with van der Waals surface area (Å²) < 4.78 is 0. The Bertz CT molecular complexity index is 265. The molecule has 106 valence electrons. The third-order valence-corrected chi connectivity index (χ3v) is 3.53. The number of rotatable bonds is 2. The number of hydrogen-bond donors (Lipinski definition) is 0. The van der Waals surface area contributed by atoms with Crippen LogP contribution in [0.15, 0.2) is 0 Å². The second-order valence-corrected chi connectivity index (χ2v) is 6.71. The first-order chi connectivity index (χ1) is 8.16. The van der Waals surface area contributed by atoms with Crippen LogP contribution in [0.3, 0.4) is 0 Å². The van der Waals surface area contributed by atoms with Crippen molar-refractivity contribution < 1.29 is 9.59 Å². The van der Waals surface area contributed by atoms with Crippen molar-refractivity contribution in [3.63, 3.8) is 0 Å². The van der Waals surface area contributed by atoms with Crippen molar-refractivity contribution in [1.29, 1.82) is 0 Å². The Kier molecular flexibility index (Phi) is 7.42. The lowest BCUT2D eigenvalue weighted by Crippen LogP contribution is -2.29. The summed E-state index contributed by atoms with van der Waals surface area (Å²) in [4.78, 5) is 22.0. The molecule has 0 radical (unpaired) electrons. The average Bonchev–Trinajstić information content (AvgIpc) is 2.28. The van der Waals surface area contributed by atoms with Crippen molar-refractivity contribution in [3.8, 4) is 0 Å². The smallest absolute Gasteiger partial charge is 0.141 e. The Hall–Kier alpha value is -0.660. The highest BCUT2D eigenvalue weighted by molar-refractivity contribution is 5.85. The predicted molar refractivity (Wildman–Crippen MR) is 76.6 cm³/mol. The fourth-order valence-electron chi connectivity index (χ4n) is 1.98. The molecule has 0 aliphatic heterocycles. The summed E-state index contributed by atoms with van der Waals surface area (Å²) in [6.07, 6.45) is 6.11. The van der Waals surface area contributed by atoms with Gasteiger partial charge in [0.05, 0.1) is 0 Å². The van der Waals surface area contributed by atoms with Gasteiger partial charge in [0, 0.05) is 17.3 Å². The highest BCUT2D eigenvalue weighted by atomic mass is 16.1. The molecular formula is C16H30O2. The van der Waals surface area contributed by atoms with Crippen molar-refractivity contribution in [2.75, 3.05) is 0 Å². The van der Waals surface area contributed by atoms with Crippen molar-refractivity contribution in [1.82, 2.24) is 0 Å². The van der Waals surface area contributed by atoms with Gasteiger partial charge in [-0.25, -0.2) is 0 Å². The number of carbonyl (C=O) groups is 2. The van der Waals surface area contributed by atoms with Gasteiger partial charge in [0.1, 0.15) is 11.6 Å². The molecule has 0 aromatic rings. The standard InChI is InChI=1S/C11H20O.C5H10O/c1-11(2,3)10(12)9-7-5-4-6-8-9;1-4(2)5(3)6/h9H,4-8H2,1-3H3;4H,1-3H3. The van der Waals surface area contributed by atoms with Crippen LogP contribution in [0, 0.1) is 17.3 Å². The summed E-state index contributed by atoms with van der Waals surface area (Å²) in [5.41, 5.74) is -0.123. The van der Waals surface area contributed by atoms with Crippen LogP contribution in [-0.4, -0.2) is 11.6 Å². The molecule has 1 aliphatic carbocycles. The number of Topliss-reactive ketones (excluding diaryl/α,β-unsaturated/α-hetero) is 2. The van der Waals surface area contributed by atoms with Crippen molar-refractivity contribution in [2.45, 2.75) is 73.6 Å². The minimum Gasteiger partial charge on any atom is -0.300 e. The van der Waals surface area contributed by atoms with Gasteiger partial charge in [-0.3, -0.25) is 9.59 Å². The van der Waals surface area contributed by atoms with Crippen LogP contribution in [0.2, 0.25) is 0 Å². The van der Waals surface area contributed by atoms with Crippen LogP contribution >= 0.6 is 0 Å². The highest BCUT2D eigenvalue weighted by Crippen LogP contribution is 2.30. The van der Waals surface area contributed by atoms with Crippen molar-refractivity contribution >= 4 is 11.6 Å². The summed E-state index contributed by atoms with van der Waals surface area (Å²) in [7, 11) is 0. The zero-order valence-corrected chi connectivity index (χ0v) is 13.0. The van der Waals surface area contributed by atoms with Crippen LogP contribution in [-0.2, 0) is 9.59 Å². The summed E-state index contributed by atoms with van der Waals surface area (Å²) in [5.74, 6) is 1.32. The van der Waals surface area contributed by atoms with E-state index in [0.29, 0.717) is 11.7 Å². The van der Waals surface area contributed by atoms with Gasteiger partial charge in [-0.2, -0.15) is 0 Å². The molecule has 18 heavy (non-hydrogen) atoms. The molecule has 0 bridgehead atoms. The lowest BCUT2D eigenvalue weighted by Gasteiger charge is -2.27. The molecule has 2 nitrogen and oxygen atoms in total. The molecule has 0 atom stereocenters. The molecule has 2 heteroatoms. The molecule has 0 spiro atoms. The van der Waals surface area contributed by atoms with Gasteiger partial charge in [-0.05, 0) is 19.8 Å². The number of ketones is 2. The van der Waals surface area contributed by atoms with E-state index in [1.54, 1.807) is 6.92 Å².